The summed E-state index contributed by atoms with van der Waals surface area (Å²) in [6.07, 6.45) is 1.63. The number of carboxylic acid groups (broad SMARTS) is 1. The van der Waals surface area contributed by atoms with Crippen LogP contribution >= 0.6 is 11.8 Å². The zero-order valence-corrected chi connectivity index (χ0v) is 23.8. The number of aromatic carboxylic acids is 1. The van der Waals surface area contributed by atoms with E-state index in [-0.39, 0.29) is 17.2 Å². The predicted octanol–water partition coefficient (Wildman–Crippen LogP) is 6.22. The van der Waals surface area contributed by atoms with E-state index in [0.717, 1.165) is 16.0 Å². The van der Waals surface area contributed by atoms with Crippen molar-refractivity contribution in [1.29, 1.82) is 0 Å². The van der Waals surface area contributed by atoms with Gasteiger partial charge >= 0.3 is 5.97 Å². The monoisotopic (exact) mass is 579 g/mol. The maximum Gasteiger partial charge on any atom is 0.335 e. The number of rotatable bonds is 10. The molecule has 1 unspecified atom stereocenters. The standard InChI is InChI=1S/C33H29N3O5S/c1-21-7-6-8-23(19-21)20-29(36-31(38)24-9-4-3-5-10-24)32(39)35-27-15-17-28(18-16-27)42-22(2)30(37)34-26-13-11-25(12-14-26)33(40)41/h3-20,22H,1-2H3,(H,34,37)(H,35,39)(H,36,38)(H,40,41)/b29-20-. The first-order valence-electron chi connectivity index (χ1n) is 13.0. The molecule has 212 valence electrons. The van der Waals surface area contributed by atoms with E-state index < -0.39 is 23.0 Å². The maximum atomic E-state index is 13.3. The second-order valence-corrected chi connectivity index (χ2v) is 10.8. The van der Waals surface area contributed by atoms with E-state index in [4.69, 9.17) is 5.11 Å². The molecule has 8 nitrogen and oxygen atoms in total. The molecule has 3 amide bonds. The normalized spacial score (nSPS) is 11.7. The average Bonchev–Trinajstić information content (AvgIpc) is 2.98. The van der Waals surface area contributed by atoms with Crippen molar-refractivity contribution >= 4 is 52.9 Å². The SMILES string of the molecule is Cc1cccc(/C=C(\NC(=O)c2ccccc2)C(=O)Nc2ccc(SC(C)C(=O)Nc3ccc(C(=O)O)cc3)cc2)c1. The summed E-state index contributed by atoms with van der Waals surface area (Å²) < 4.78 is 0. The van der Waals surface area contributed by atoms with Gasteiger partial charge < -0.3 is 21.1 Å². The van der Waals surface area contributed by atoms with Gasteiger partial charge in [0.1, 0.15) is 5.70 Å². The Kier molecular flexibility index (Phi) is 9.91. The van der Waals surface area contributed by atoms with Crippen molar-refractivity contribution in [2.45, 2.75) is 24.0 Å². The van der Waals surface area contributed by atoms with Gasteiger partial charge in [0.25, 0.3) is 11.8 Å². The molecule has 1 atom stereocenters. The molecule has 0 aliphatic carbocycles. The topological polar surface area (TPSA) is 125 Å². The molecule has 0 fully saturated rings. The first-order chi connectivity index (χ1) is 20.2. The fourth-order valence-corrected chi connectivity index (χ4v) is 4.75. The van der Waals surface area contributed by atoms with Crippen LogP contribution in [0.1, 0.15) is 38.8 Å². The van der Waals surface area contributed by atoms with Crippen LogP contribution in [0.3, 0.4) is 0 Å². The van der Waals surface area contributed by atoms with E-state index in [2.05, 4.69) is 16.0 Å². The van der Waals surface area contributed by atoms with Crippen LogP contribution in [-0.4, -0.2) is 34.0 Å². The van der Waals surface area contributed by atoms with Crippen LogP contribution in [0.5, 0.6) is 0 Å². The zero-order chi connectivity index (χ0) is 30.1. The number of carbonyl (C=O) groups is 4. The van der Waals surface area contributed by atoms with Gasteiger partial charge in [0.2, 0.25) is 5.91 Å². The molecule has 0 aromatic heterocycles. The van der Waals surface area contributed by atoms with Crippen molar-refractivity contribution in [1.82, 2.24) is 5.32 Å². The minimum Gasteiger partial charge on any atom is -0.478 e. The number of carboxylic acids is 1. The van der Waals surface area contributed by atoms with Crippen molar-refractivity contribution in [2.75, 3.05) is 10.6 Å². The molecule has 0 aliphatic rings. The van der Waals surface area contributed by atoms with Gasteiger partial charge in [0.05, 0.1) is 10.8 Å². The first-order valence-corrected chi connectivity index (χ1v) is 13.9. The molecule has 4 rings (SSSR count). The molecule has 0 spiro atoms. The number of aryl methyl sites for hydroxylation is 1. The van der Waals surface area contributed by atoms with Gasteiger partial charge in [-0.15, -0.1) is 11.8 Å². The number of carbonyl (C=O) groups excluding carboxylic acids is 3. The lowest BCUT2D eigenvalue weighted by Gasteiger charge is -2.14. The number of anilines is 2. The van der Waals surface area contributed by atoms with Crippen LogP contribution < -0.4 is 16.0 Å². The summed E-state index contributed by atoms with van der Waals surface area (Å²) in [5.74, 6) is -2.16. The Bertz CT molecular complexity index is 1620. The fourth-order valence-electron chi connectivity index (χ4n) is 3.88. The summed E-state index contributed by atoms with van der Waals surface area (Å²) >= 11 is 1.33. The minimum absolute atomic E-state index is 0.0922. The van der Waals surface area contributed by atoms with Crippen molar-refractivity contribution in [3.63, 3.8) is 0 Å². The Balaban J connectivity index is 1.41. The number of hydrogen-bond acceptors (Lipinski definition) is 5. The molecule has 4 aromatic rings. The predicted molar refractivity (Wildman–Crippen MR) is 165 cm³/mol. The smallest absolute Gasteiger partial charge is 0.335 e. The highest BCUT2D eigenvalue weighted by Crippen LogP contribution is 2.26. The number of thioether (sulfide) groups is 1. The highest BCUT2D eigenvalue weighted by Gasteiger charge is 2.17. The number of benzene rings is 4. The number of nitrogens with one attached hydrogen (secondary N) is 3. The Morgan fingerprint density at radius 3 is 2.05 bits per heavy atom. The molecule has 0 heterocycles. The quantitative estimate of drug-likeness (QED) is 0.131. The van der Waals surface area contributed by atoms with Gasteiger partial charge in [0.15, 0.2) is 0 Å². The second kappa shape index (κ2) is 14.0. The minimum atomic E-state index is -1.04. The van der Waals surface area contributed by atoms with E-state index >= 15 is 0 Å². The Labute approximate surface area is 247 Å². The van der Waals surface area contributed by atoms with Gasteiger partial charge in [0, 0.05) is 21.8 Å². The lowest BCUT2D eigenvalue weighted by molar-refractivity contribution is -0.115. The van der Waals surface area contributed by atoms with Crippen molar-refractivity contribution in [3.8, 4) is 0 Å². The summed E-state index contributed by atoms with van der Waals surface area (Å²) in [5.41, 5.74) is 3.47. The summed E-state index contributed by atoms with van der Waals surface area (Å²) in [6.45, 7) is 3.71. The Hall–Kier alpha value is -5.15. The van der Waals surface area contributed by atoms with Crippen LogP contribution in [-0.2, 0) is 9.59 Å². The molecule has 42 heavy (non-hydrogen) atoms. The van der Waals surface area contributed by atoms with Crippen LogP contribution in [0.2, 0.25) is 0 Å². The Morgan fingerprint density at radius 2 is 1.40 bits per heavy atom. The molecule has 0 radical (unpaired) electrons. The van der Waals surface area contributed by atoms with E-state index in [1.165, 1.54) is 23.9 Å². The van der Waals surface area contributed by atoms with Crippen LogP contribution in [0.15, 0.2) is 114 Å². The zero-order valence-electron chi connectivity index (χ0n) is 23.0. The van der Waals surface area contributed by atoms with Crippen LogP contribution in [0.25, 0.3) is 6.08 Å². The molecule has 4 N–H and O–H groups in total. The molecule has 9 heteroatoms. The van der Waals surface area contributed by atoms with E-state index in [1.807, 2.05) is 37.3 Å². The molecular formula is C33H29N3O5S. The number of hydrogen-bond donors (Lipinski definition) is 4. The van der Waals surface area contributed by atoms with Crippen molar-refractivity contribution in [2.24, 2.45) is 0 Å². The van der Waals surface area contributed by atoms with Crippen molar-refractivity contribution < 1.29 is 24.3 Å². The maximum absolute atomic E-state index is 13.3. The van der Waals surface area contributed by atoms with Crippen molar-refractivity contribution in [3.05, 3.63) is 131 Å². The van der Waals surface area contributed by atoms with Crippen LogP contribution in [0, 0.1) is 6.92 Å². The third kappa shape index (κ3) is 8.42. The third-order valence-corrected chi connectivity index (χ3v) is 7.19. The van der Waals surface area contributed by atoms with Gasteiger partial charge in [-0.25, -0.2) is 4.79 Å². The first kappa shape index (κ1) is 29.8. The lowest BCUT2D eigenvalue weighted by atomic mass is 10.1. The van der Waals surface area contributed by atoms with E-state index in [9.17, 15) is 19.2 Å². The highest BCUT2D eigenvalue weighted by atomic mass is 32.2. The van der Waals surface area contributed by atoms with Gasteiger partial charge in [-0.3, -0.25) is 14.4 Å². The molecule has 0 bridgehead atoms. The van der Waals surface area contributed by atoms with Gasteiger partial charge in [-0.05, 0) is 86.2 Å². The third-order valence-electron chi connectivity index (χ3n) is 6.08. The second-order valence-electron chi connectivity index (χ2n) is 9.40. The Morgan fingerprint density at radius 1 is 0.762 bits per heavy atom. The molecule has 0 saturated heterocycles. The van der Waals surface area contributed by atoms with Gasteiger partial charge in [-0.2, -0.15) is 0 Å². The summed E-state index contributed by atoms with van der Waals surface area (Å²) in [7, 11) is 0. The average molecular weight is 580 g/mol. The van der Waals surface area contributed by atoms with Gasteiger partial charge in [-0.1, -0.05) is 48.0 Å². The summed E-state index contributed by atoms with van der Waals surface area (Å²) in [6, 6.07) is 29.2. The number of amides is 3. The molecule has 0 saturated carbocycles. The highest BCUT2D eigenvalue weighted by molar-refractivity contribution is 8.00. The summed E-state index contributed by atoms with van der Waals surface area (Å²) in [4.78, 5) is 50.6. The molecule has 0 aliphatic heterocycles. The lowest BCUT2D eigenvalue weighted by Crippen LogP contribution is -2.30. The summed E-state index contributed by atoms with van der Waals surface area (Å²) in [5, 5.41) is 16.9. The largest absolute Gasteiger partial charge is 0.478 e. The van der Waals surface area contributed by atoms with E-state index in [0.29, 0.717) is 16.9 Å². The molecular weight excluding hydrogens is 550 g/mol. The van der Waals surface area contributed by atoms with Crippen LogP contribution in [0.4, 0.5) is 11.4 Å². The molecule has 4 aromatic carbocycles. The van der Waals surface area contributed by atoms with E-state index in [1.54, 1.807) is 73.7 Å². The fraction of sp³-hybridized carbons (Fsp3) is 0.0909.